The Morgan fingerprint density at radius 3 is 2.79 bits per heavy atom. The lowest BCUT2D eigenvalue weighted by molar-refractivity contribution is -0.145. The first-order chi connectivity index (χ1) is 6.32. The predicted molar refractivity (Wildman–Crippen MR) is 50.9 cm³/mol. The van der Waals surface area contributed by atoms with Crippen molar-refractivity contribution >= 4 is 11.9 Å². The van der Waals surface area contributed by atoms with Crippen molar-refractivity contribution in [3.8, 4) is 0 Å². The lowest BCUT2D eigenvalue weighted by Gasteiger charge is -2.41. The van der Waals surface area contributed by atoms with Gasteiger partial charge in [0, 0.05) is 19.1 Å². The number of piperazine rings is 1. The van der Waals surface area contributed by atoms with Crippen LogP contribution >= 0.6 is 0 Å². The minimum atomic E-state index is -0.957. The van der Waals surface area contributed by atoms with Crippen LogP contribution in [-0.4, -0.2) is 47.1 Å². The Kier molecular flexibility index (Phi) is 2.80. The summed E-state index contributed by atoms with van der Waals surface area (Å²) in [6.07, 6.45) is -0.160. The molecular weight excluding hydrogens is 184 g/mol. The van der Waals surface area contributed by atoms with Gasteiger partial charge in [-0.15, -0.1) is 0 Å². The zero-order valence-electron chi connectivity index (χ0n) is 8.70. The monoisotopic (exact) mass is 200 g/mol. The third-order valence-electron chi connectivity index (χ3n) is 2.25. The van der Waals surface area contributed by atoms with E-state index in [9.17, 15) is 9.59 Å². The highest BCUT2D eigenvalue weighted by atomic mass is 16.4. The van der Waals surface area contributed by atoms with E-state index in [2.05, 4.69) is 5.32 Å². The Morgan fingerprint density at radius 1 is 1.71 bits per heavy atom. The van der Waals surface area contributed by atoms with Crippen molar-refractivity contribution in [2.75, 3.05) is 13.6 Å². The van der Waals surface area contributed by atoms with Crippen LogP contribution in [0.25, 0.3) is 0 Å². The van der Waals surface area contributed by atoms with Gasteiger partial charge in [0.25, 0.3) is 0 Å². The van der Waals surface area contributed by atoms with Crippen molar-refractivity contribution in [3.63, 3.8) is 0 Å². The first-order valence-electron chi connectivity index (χ1n) is 4.56. The molecule has 1 fully saturated rings. The van der Waals surface area contributed by atoms with Gasteiger partial charge < -0.3 is 10.0 Å². The largest absolute Gasteiger partial charge is 0.481 e. The van der Waals surface area contributed by atoms with Crippen LogP contribution in [0, 0.1) is 0 Å². The van der Waals surface area contributed by atoms with Crippen molar-refractivity contribution in [2.24, 2.45) is 0 Å². The predicted octanol–water partition coefficient (Wildman–Crippen LogP) is -0.330. The molecule has 14 heavy (non-hydrogen) atoms. The van der Waals surface area contributed by atoms with Crippen LogP contribution in [0.1, 0.15) is 20.3 Å². The summed E-state index contributed by atoms with van der Waals surface area (Å²) in [5.41, 5.74) is -0.219. The molecule has 0 bridgehead atoms. The molecule has 5 heteroatoms. The Labute approximate surface area is 83.1 Å². The van der Waals surface area contributed by atoms with Gasteiger partial charge >= 0.3 is 5.97 Å². The molecule has 0 aromatic rings. The number of nitrogens with one attached hydrogen (secondary N) is 1. The molecule has 1 rings (SSSR count). The molecular formula is C9H16N2O3. The maximum absolute atomic E-state index is 11.5. The number of nitrogens with zero attached hydrogens (tertiary/aromatic N) is 1. The maximum Gasteiger partial charge on any atom is 0.305 e. The summed E-state index contributed by atoms with van der Waals surface area (Å²) < 4.78 is 0. The summed E-state index contributed by atoms with van der Waals surface area (Å²) in [5.74, 6) is -1.10. The molecule has 0 aromatic heterocycles. The van der Waals surface area contributed by atoms with E-state index in [1.54, 1.807) is 11.9 Å². The molecule has 2 N–H and O–H groups in total. The molecule has 0 radical (unpaired) electrons. The van der Waals surface area contributed by atoms with E-state index in [0.29, 0.717) is 6.54 Å². The fourth-order valence-electron chi connectivity index (χ4n) is 1.83. The van der Waals surface area contributed by atoms with Gasteiger partial charge in [0.2, 0.25) is 5.91 Å². The van der Waals surface area contributed by atoms with E-state index in [0.717, 1.165) is 0 Å². The van der Waals surface area contributed by atoms with Crippen LogP contribution in [-0.2, 0) is 9.59 Å². The highest BCUT2D eigenvalue weighted by Crippen LogP contribution is 2.15. The number of carbonyl (C=O) groups is 2. The first kappa shape index (κ1) is 11.0. The molecule has 0 spiro atoms. The molecule has 1 heterocycles. The van der Waals surface area contributed by atoms with Crippen molar-refractivity contribution in [2.45, 2.75) is 31.8 Å². The van der Waals surface area contributed by atoms with Crippen LogP contribution in [0.15, 0.2) is 0 Å². The summed E-state index contributed by atoms with van der Waals surface area (Å²) in [4.78, 5) is 23.6. The van der Waals surface area contributed by atoms with Crippen LogP contribution in [0.3, 0.4) is 0 Å². The van der Waals surface area contributed by atoms with E-state index in [1.807, 2.05) is 13.8 Å². The van der Waals surface area contributed by atoms with Crippen molar-refractivity contribution < 1.29 is 14.7 Å². The second-order valence-electron chi connectivity index (χ2n) is 4.37. The van der Waals surface area contributed by atoms with E-state index in [1.165, 1.54) is 0 Å². The second kappa shape index (κ2) is 3.57. The smallest absolute Gasteiger partial charge is 0.305 e. The first-order valence-corrected chi connectivity index (χ1v) is 4.56. The van der Waals surface area contributed by atoms with Crippen LogP contribution in [0.5, 0.6) is 0 Å². The van der Waals surface area contributed by atoms with Crippen LogP contribution < -0.4 is 5.32 Å². The molecule has 0 saturated carbocycles. The molecule has 5 nitrogen and oxygen atoms in total. The minimum absolute atomic E-state index is 0.147. The summed E-state index contributed by atoms with van der Waals surface area (Å²) in [6.45, 7) is 4.50. The molecule has 0 aliphatic carbocycles. The standard InChI is InChI=1S/C9H16N2O3/c1-9(2)5-11(3)8(14)6(10-9)4-7(12)13/h6,10H,4-5H2,1-3H3,(H,12,13). The molecule has 1 aliphatic rings. The Bertz CT molecular complexity index is 263. The molecule has 0 aromatic carbocycles. The maximum atomic E-state index is 11.5. The quantitative estimate of drug-likeness (QED) is 0.640. The lowest BCUT2D eigenvalue weighted by Crippen LogP contribution is -2.64. The molecule has 1 atom stereocenters. The fourth-order valence-corrected chi connectivity index (χ4v) is 1.83. The number of hydrogen-bond acceptors (Lipinski definition) is 3. The number of rotatable bonds is 2. The number of aliphatic carboxylic acids is 1. The van der Waals surface area contributed by atoms with Gasteiger partial charge in [0.1, 0.15) is 0 Å². The molecule has 1 unspecified atom stereocenters. The number of carbonyl (C=O) groups excluding carboxylic acids is 1. The molecule has 1 amide bonds. The summed E-state index contributed by atoms with van der Waals surface area (Å²) in [6, 6.07) is -0.596. The number of amides is 1. The Hall–Kier alpha value is -1.10. The highest BCUT2D eigenvalue weighted by Gasteiger charge is 2.36. The van der Waals surface area contributed by atoms with E-state index >= 15 is 0 Å². The average Bonchev–Trinajstić information content (AvgIpc) is 1.97. The SMILES string of the molecule is CN1CC(C)(C)NC(CC(=O)O)C1=O. The number of carboxylic acids is 1. The zero-order valence-corrected chi connectivity index (χ0v) is 8.70. The average molecular weight is 200 g/mol. The third-order valence-corrected chi connectivity index (χ3v) is 2.25. The molecule has 1 saturated heterocycles. The summed E-state index contributed by atoms with van der Waals surface area (Å²) in [7, 11) is 1.69. The summed E-state index contributed by atoms with van der Waals surface area (Å²) >= 11 is 0. The highest BCUT2D eigenvalue weighted by molar-refractivity contribution is 5.86. The van der Waals surface area contributed by atoms with Crippen molar-refractivity contribution in [1.82, 2.24) is 10.2 Å². The normalized spacial score (nSPS) is 26.4. The van der Waals surface area contributed by atoms with E-state index in [4.69, 9.17) is 5.11 Å². The van der Waals surface area contributed by atoms with Crippen molar-refractivity contribution in [1.29, 1.82) is 0 Å². The van der Waals surface area contributed by atoms with Gasteiger partial charge in [0.15, 0.2) is 0 Å². The van der Waals surface area contributed by atoms with Gasteiger partial charge in [-0.05, 0) is 13.8 Å². The van der Waals surface area contributed by atoms with E-state index in [-0.39, 0.29) is 17.9 Å². The van der Waals surface area contributed by atoms with Gasteiger partial charge in [-0.2, -0.15) is 0 Å². The van der Waals surface area contributed by atoms with Gasteiger partial charge in [0.05, 0.1) is 12.5 Å². The number of carboxylic acid groups (broad SMARTS) is 1. The van der Waals surface area contributed by atoms with Crippen LogP contribution in [0.2, 0.25) is 0 Å². The fraction of sp³-hybridized carbons (Fsp3) is 0.778. The third kappa shape index (κ3) is 2.45. The topological polar surface area (TPSA) is 69.6 Å². The zero-order chi connectivity index (χ0) is 10.9. The second-order valence-corrected chi connectivity index (χ2v) is 4.37. The Morgan fingerprint density at radius 2 is 2.29 bits per heavy atom. The van der Waals surface area contributed by atoms with Gasteiger partial charge in [-0.3, -0.25) is 14.9 Å². The van der Waals surface area contributed by atoms with Gasteiger partial charge in [-0.1, -0.05) is 0 Å². The van der Waals surface area contributed by atoms with Gasteiger partial charge in [-0.25, -0.2) is 0 Å². The number of hydrogen-bond donors (Lipinski definition) is 2. The lowest BCUT2D eigenvalue weighted by atomic mass is 9.97. The van der Waals surface area contributed by atoms with E-state index < -0.39 is 12.0 Å². The van der Waals surface area contributed by atoms with Crippen molar-refractivity contribution in [3.05, 3.63) is 0 Å². The van der Waals surface area contributed by atoms with Crippen LogP contribution in [0.4, 0.5) is 0 Å². The summed E-state index contributed by atoms with van der Waals surface area (Å²) in [5, 5.41) is 11.7. The molecule has 1 aliphatic heterocycles. The number of likely N-dealkylation sites (N-methyl/N-ethyl adjacent to an activating group) is 1. The molecule has 80 valence electrons. The Balaban J connectivity index is 2.73. The minimum Gasteiger partial charge on any atom is -0.481 e.